The van der Waals surface area contributed by atoms with Crippen LogP contribution in [0.5, 0.6) is 0 Å². The lowest BCUT2D eigenvalue weighted by molar-refractivity contribution is -0.140. The van der Waals surface area contributed by atoms with Gasteiger partial charge in [-0.2, -0.15) is 0 Å². The molecule has 0 aromatic rings. The van der Waals surface area contributed by atoms with Crippen LogP contribution in [0.2, 0.25) is 0 Å². The lowest BCUT2D eigenvalue weighted by atomic mass is 10.7. The molecule has 3 nitrogen and oxygen atoms in total. The first kappa shape index (κ1) is 8.72. The van der Waals surface area contributed by atoms with Crippen LogP contribution in [0.15, 0.2) is 0 Å². The zero-order valence-corrected chi connectivity index (χ0v) is 6.07. The van der Waals surface area contributed by atoms with Gasteiger partial charge in [0.2, 0.25) is 0 Å². The number of alkyl halides is 1. The number of ether oxygens (including phenoxy) is 1. The van der Waals surface area contributed by atoms with Crippen molar-refractivity contribution in [3.05, 3.63) is 0 Å². The molecule has 0 atom stereocenters. The Balaban J connectivity index is 2.97. The van der Waals surface area contributed by atoms with Crippen molar-refractivity contribution in [3.8, 4) is 0 Å². The quantitative estimate of drug-likeness (QED) is 0.349. The van der Waals surface area contributed by atoms with E-state index in [-0.39, 0.29) is 11.8 Å². The number of carbonyl (C=O) groups excluding carboxylic acids is 1. The Morgan fingerprint density at radius 2 is 2.44 bits per heavy atom. The highest BCUT2D eigenvalue weighted by Gasteiger charge is 1.96. The van der Waals surface area contributed by atoms with E-state index < -0.39 is 0 Å². The summed E-state index contributed by atoms with van der Waals surface area (Å²) >= 11 is 5.14. The first-order chi connectivity index (χ1) is 4.31. The molecule has 0 fully saturated rings. The van der Waals surface area contributed by atoms with E-state index in [1.54, 1.807) is 7.05 Å². The summed E-state index contributed by atoms with van der Waals surface area (Å²) in [6.45, 7) is 1.06. The Bertz CT molecular complexity index is 87.0. The fraction of sp³-hybridized carbons (Fsp3) is 0.800. The Kier molecular flexibility index (Phi) is 5.67. The van der Waals surface area contributed by atoms with Gasteiger partial charge in [-0.15, -0.1) is 11.6 Å². The maximum absolute atomic E-state index is 10.3. The average Bonchev–Trinajstić information content (AvgIpc) is 1.89. The minimum Gasteiger partial charge on any atom is -0.463 e. The van der Waals surface area contributed by atoms with Gasteiger partial charge in [0.05, 0.1) is 0 Å². The number of esters is 1. The van der Waals surface area contributed by atoms with Crippen molar-refractivity contribution in [2.24, 2.45) is 0 Å². The molecule has 9 heavy (non-hydrogen) atoms. The summed E-state index contributed by atoms with van der Waals surface area (Å²) in [6, 6.07) is 0. The molecule has 0 heterocycles. The third kappa shape index (κ3) is 5.59. The molecule has 0 unspecified atom stereocenters. The highest BCUT2D eigenvalue weighted by Crippen LogP contribution is 1.80. The van der Waals surface area contributed by atoms with Gasteiger partial charge in [0.1, 0.15) is 12.5 Å². The van der Waals surface area contributed by atoms with Crippen LogP contribution in [-0.2, 0) is 9.53 Å². The molecule has 54 valence electrons. The van der Waals surface area contributed by atoms with E-state index in [9.17, 15) is 4.79 Å². The number of hydrogen-bond acceptors (Lipinski definition) is 3. The van der Waals surface area contributed by atoms with Crippen molar-refractivity contribution in [3.63, 3.8) is 0 Å². The Morgan fingerprint density at radius 3 is 2.89 bits per heavy atom. The standard InChI is InChI=1S/C5H10ClNO2/c1-7-2-3-9-5(8)4-6/h7H,2-4H2,1H3. The van der Waals surface area contributed by atoms with Crippen molar-refractivity contribution < 1.29 is 9.53 Å². The molecule has 0 saturated heterocycles. The first-order valence-electron chi connectivity index (χ1n) is 2.67. The molecular weight excluding hydrogens is 142 g/mol. The highest BCUT2D eigenvalue weighted by molar-refractivity contribution is 6.26. The molecule has 0 aliphatic rings. The van der Waals surface area contributed by atoms with Crippen LogP contribution in [-0.4, -0.2) is 32.0 Å². The van der Waals surface area contributed by atoms with Gasteiger partial charge < -0.3 is 10.1 Å². The summed E-state index contributed by atoms with van der Waals surface area (Å²) in [6.07, 6.45) is 0. The molecule has 0 bridgehead atoms. The predicted molar refractivity (Wildman–Crippen MR) is 35.6 cm³/mol. The van der Waals surface area contributed by atoms with E-state index >= 15 is 0 Å². The van der Waals surface area contributed by atoms with Gasteiger partial charge in [0.15, 0.2) is 0 Å². The lowest BCUT2D eigenvalue weighted by Crippen LogP contribution is -2.17. The topological polar surface area (TPSA) is 38.3 Å². The number of carbonyl (C=O) groups is 1. The molecule has 0 aromatic carbocycles. The van der Waals surface area contributed by atoms with E-state index in [1.165, 1.54) is 0 Å². The highest BCUT2D eigenvalue weighted by atomic mass is 35.5. The average molecular weight is 152 g/mol. The van der Waals surface area contributed by atoms with Crippen molar-refractivity contribution in [2.45, 2.75) is 0 Å². The fourth-order valence-electron chi connectivity index (χ4n) is 0.306. The third-order valence-electron chi connectivity index (χ3n) is 0.724. The molecule has 0 aliphatic carbocycles. The Morgan fingerprint density at radius 1 is 1.78 bits per heavy atom. The summed E-state index contributed by atoms with van der Waals surface area (Å²) in [5.41, 5.74) is 0. The number of halogens is 1. The number of nitrogens with one attached hydrogen (secondary N) is 1. The molecule has 1 N–H and O–H groups in total. The van der Waals surface area contributed by atoms with Gasteiger partial charge in [0.25, 0.3) is 0 Å². The van der Waals surface area contributed by atoms with Gasteiger partial charge in [-0.05, 0) is 7.05 Å². The summed E-state index contributed by atoms with van der Waals surface area (Å²) in [5.74, 6) is -0.434. The minimum absolute atomic E-state index is 0.0658. The number of rotatable bonds is 4. The van der Waals surface area contributed by atoms with Crippen LogP contribution in [0.3, 0.4) is 0 Å². The van der Waals surface area contributed by atoms with Crippen LogP contribution in [0.1, 0.15) is 0 Å². The molecule has 0 aromatic heterocycles. The van der Waals surface area contributed by atoms with Crippen LogP contribution >= 0.6 is 11.6 Å². The zero-order chi connectivity index (χ0) is 7.11. The lowest BCUT2D eigenvalue weighted by Gasteiger charge is -1.99. The summed E-state index contributed by atoms with van der Waals surface area (Å²) in [5, 5.41) is 2.83. The molecule has 4 heteroatoms. The fourth-order valence-corrected chi connectivity index (χ4v) is 0.383. The second kappa shape index (κ2) is 5.85. The van der Waals surface area contributed by atoms with Gasteiger partial charge in [0, 0.05) is 6.54 Å². The summed E-state index contributed by atoms with van der Waals surface area (Å²) in [7, 11) is 1.79. The number of hydrogen-bond donors (Lipinski definition) is 1. The van der Waals surface area contributed by atoms with Gasteiger partial charge in [-0.3, -0.25) is 4.79 Å². The maximum Gasteiger partial charge on any atom is 0.320 e. The SMILES string of the molecule is CNCCOC(=O)CCl. The second-order valence-electron chi connectivity index (χ2n) is 1.46. The van der Waals surface area contributed by atoms with Crippen molar-refractivity contribution >= 4 is 17.6 Å². The summed E-state index contributed by atoms with van der Waals surface area (Å²) < 4.78 is 4.60. The molecule has 0 radical (unpaired) electrons. The Labute approximate surface area is 59.3 Å². The maximum atomic E-state index is 10.3. The van der Waals surface area contributed by atoms with Crippen LogP contribution in [0, 0.1) is 0 Å². The van der Waals surface area contributed by atoms with Crippen molar-refractivity contribution in [1.29, 1.82) is 0 Å². The van der Waals surface area contributed by atoms with Crippen molar-refractivity contribution in [1.82, 2.24) is 5.32 Å². The largest absolute Gasteiger partial charge is 0.463 e. The smallest absolute Gasteiger partial charge is 0.320 e. The Hall–Kier alpha value is -0.280. The molecule has 0 spiro atoms. The van der Waals surface area contributed by atoms with E-state index in [0.29, 0.717) is 13.2 Å². The van der Waals surface area contributed by atoms with Gasteiger partial charge >= 0.3 is 5.97 Å². The summed E-state index contributed by atoms with van der Waals surface area (Å²) in [4.78, 5) is 10.3. The molecule has 0 saturated carbocycles. The molecule has 0 aliphatic heterocycles. The van der Waals surface area contributed by atoms with Crippen molar-refractivity contribution in [2.75, 3.05) is 26.1 Å². The van der Waals surface area contributed by atoms with E-state index in [0.717, 1.165) is 0 Å². The molecule has 0 amide bonds. The van der Waals surface area contributed by atoms with E-state index in [2.05, 4.69) is 10.1 Å². The molecular formula is C5H10ClNO2. The van der Waals surface area contributed by atoms with E-state index in [4.69, 9.17) is 11.6 Å². The normalized spacial score (nSPS) is 9.11. The minimum atomic E-state index is -0.369. The van der Waals surface area contributed by atoms with E-state index in [1.807, 2.05) is 0 Å². The van der Waals surface area contributed by atoms with Crippen LogP contribution in [0.25, 0.3) is 0 Å². The molecule has 0 rings (SSSR count). The van der Waals surface area contributed by atoms with Gasteiger partial charge in [-0.1, -0.05) is 0 Å². The third-order valence-corrected chi connectivity index (χ3v) is 0.942. The predicted octanol–water partition coefficient (Wildman–Crippen LogP) is -0.0122. The zero-order valence-electron chi connectivity index (χ0n) is 5.32. The van der Waals surface area contributed by atoms with Crippen LogP contribution in [0.4, 0.5) is 0 Å². The monoisotopic (exact) mass is 151 g/mol. The van der Waals surface area contributed by atoms with Crippen LogP contribution < -0.4 is 5.32 Å². The number of likely N-dealkylation sites (N-methyl/N-ethyl adjacent to an activating group) is 1. The first-order valence-corrected chi connectivity index (χ1v) is 3.21. The second-order valence-corrected chi connectivity index (χ2v) is 1.72. The van der Waals surface area contributed by atoms with Gasteiger partial charge in [-0.25, -0.2) is 0 Å².